The van der Waals surface area contributed by atoms with Crippen molar-refractivity contribution in [3.05, 3.63) is 69.8 Å². The standard InChI is InChI=1S/C41H28O26/c42-13-1-8(2-14(43)24(13)48)35(54)67-40-33-32-30(64-39(58)12-6-18(47)34-41(59,60)23(12)22-11(38(57)66-33)5-17(46)27(51)31(22)63-34)19(62-40)7-61-36(55)9-3-15(44)25(49)28(52)20(9)21-10(37(56)65-32)4-16(45)26(50)29(21)53/h1-6,19,23,30,32-34,40,42-46,48-53,59-60H,7H2/t19-,23-,30-,32+,33-,34-,40+/m1/s1. The normalized spacial score (nSPS) is 24.8. The SMILES string of the molecule is O=C1O[C@H]2[C@@H]3OC(=O)c4cc(O)c(O)c(O)c4-c4c(cc(O)c(O)c4O)C(=O)OC[C@H]2O[C@@H](OC(=O)c2cc(O)c(O)c(O)c2)[C@@H]3OC(=O)c2cc(O)c(O)c3c2[C@H]2C1=CC(=O)[C@@H](O3)C2(O)O. The molecule has 4 aromatic carbocycles. The molecule has 7 atom stereocenters. The number of aliphatic hydroxyl groups is 2. The lowest BCUT2D eigenvalue weighted by Gasteiger charge is -2.45. The van der Waals surface area contributed by atoms with E-state index in [4.69, 9.17) is 33.2 Å². The zero-order valence-electron chi connectivity index (χ0n) is 32.8. The number of rotatable bonds is 2. The lowest BCUT2D eigenvalue weighted by Crippen LogP contribution is -2.63. The first-order valence-corrected chi connectivity index (χ1v) is 18.9. The van der Waals surface area contributed by atoms with E-state index < -0.39 is 204 Å². The molecule has 4 heterocycles. The summed E-state index contributed by atoms with van der Waals surface area (Å²) in [6.45, 7) is -1.27. The van der Waals surface area contributed by atoms with Gasteiger partial charge in [0.2, 0.25) is 47.3 Å². The minimum atomic E-state index is -3.47. The molecule has 9 rings (SSSR count). The first-order valence-electron chi connectivity index (χ1n) is 18.9. The van der Waals surface area contributed by atoms with E-state index in [0.717, 1.165) is 0 Å². The van der Waals surface area contributed by atoms with Gasteiger partial charge in [-0.1, -0.05) is 0 Å². The number of benzene rings is 4. The first-order chi connectivity index (χ1) is 31.5. The zero-order valence-corrected chi connectivity index (χ0v) is 32.8. The molecule has 26 heteroatoms. The summed E-state index contributed by atoms with van der Waals surface area (Å²) in [5.41, 5.74) is -7.90. The molecule has 1 aliphatic carbocycles. The second kappa shape index (κ2) is 14.8. The average molecular weight is 937 g/mol. The largest absolute Gasteiger partial charge is 0.504 e. The van der Waals surface area contributed by atoms with Crippen LogP contribution in [0.4, 0.5) is 0 Å². The van der Waals surface area contributed by atoms with Gasteiger partial charge in [0.1, 0.15) is 12.7 Å². The summed E-state index contributed by atoms with van der Waals surface area (Å²) in [5.74, 6) is -30.4. The predicted octanol–water partition coefficient (Wildman–Crippen LogP) is -0.422. The number of phenolic OH excluding ortho intramolecular Hbond substituents is 11. The summed E-state index contributed by atoms with van der Waals surface area (Å²) in [4.78, 5) is 84.7. The molecule has 0 radical (unpaired) electrons. The molecule has 6 bridgehead atoms. The Labute approximate surface area is 368 Å². The van der Waals surface area contributed by atoms with E-state index in [1.54, 1.807) is 0 Å². The fourth-order valence-corrected chi connectivity index (χ4v) is 8.26. The Morgan fingerprint density at radius 3 is 1.69 bits per heavy atom. The van der Waals surface area contributed by atoms with Crippen LogP contribution in [0.1, 0.15) is 52.9 Å². The number of esters is 5. The maximum absolute atomic E-state index is 14.6. The van der Waals surface area contributed by atoms with Crippen molar-refractivity contribution >= 4 is 35.6 Å². The third kappa shape index (κ3) is 6.44. The molecule has 5 aliphatic rings. The second-order valence-electron chi connectivity index (χ2n) is 15.3. The summed E-state index contributed by atoms with van der Waals surface area (Å²) >= 11 is 0. The summed E-state index contributed by atoms with van der Waals surface area (Å²) in [7, 11) is 0. The fraction of sp³-hybridized carbons (Fsp3) is 0.220. The Hall–Kier alpha value is -8.88. The lowest BCUT2D eigenvalue weighted by molar-refractivity contribution is -0.286. The van der Waals surface area contributed by atoms with Gasteiger partial charge in [-0.2, -0.15) is 0 Å². The van der Waals surface area contributed by atoms with E-state index in [1.165, 1.54) is 0 Å². The van der Waals surface area contributed by atoms with Crippen molar-refractivity contribution in [1.29, 1.82) is 0 Å². The van der Waals surface area contributed by atoms with Crippen molar-refractivity contribution in [3.8, 4) is 80.1 Å². The summed E-state index contributed by atoms with van der Waals surface area (Å²) in [6, 6.07) is 2.48. The van der Waals surface area contributed by atoms with Gasteiger partial charge in [0.25, 0.3) is 0 Å². The molecular formula is C41H28O26. The Morgan fingerprint density at radius 2 is 1.07 bits per heavy atom. The monoisotopic (exact) mass is 936 g/mol. The molecule has 1 saturated heterocycles. The summed E-state index contributed by atoms with van der Waals surface area (Å²) in [6.07, 6.45) is -13.9. The number of carbonyl (C=O) groups is 6. The molecule has 4 aliphatic heterocycles. The molecular weight excluding hydrogens is 908 g/mol. The van der Waals surface area contributed by atoms with Crippen LogP contribution < -0.4 is 4.74 Å². The van der Waals surface area contributed by atoms with Crippen LogP contribution in [0.15, 0.2) is 42.0 Å². The highest BCUT2D eigenvalue weighted by molar-refractivity contribution is 6.09. The van der Waals surface area contributed by atoms with Gasteiger partial charge in [-0.15, -0.1) is 0 Å². The predicted molar refractivity (Wildman–Crippen MR) is 203 cm³/mol. The van der Waals surface area contributed by atoms with Gasteiger partial charge in [0, 0.05) is 16.7 Å². The molecule has 1 fully saturated rings. The van der Waals surface area contributed by atoms with Crippen molar-refractivity contribution in [3.63, 3.8) is 0 Å². The highest BCUT2D eigenvalue weighted by Gasteiger charge is 2.62. The number of hydrogen-bond donors (Lipinski definition) is 13. The second-order valence-corrected chi connectivity index (χ2v) is 15.3. The number of hydrogen-bond acceptors (Lipinski definition) is 26. The van der Waals surface area contributed by atoms with E-state index in [1.807, 2.05) is 0 Å². The Morgan fingerprint density at radius 1 is 0.567 bits per heavy atom. The molecule has 0 amide bonds. The molecule has 13 N–H and O–H groups in total. The molecule has 67 heavy (non-hydrogen) atoms. The molecule has 0 spiro atoms. The molecule has 0 saturated carbocycles. The van der Waals surface area contributed by atoms with Crippen LogP contribution in [-0.4, -0.2) is 151 Å². The zero-order chi connectivity index (χ0) is 48.5. The van der Waals surface area contributed by atoms with Crippen LogP contribution in [0.25, 0.3) is 11.1 Å². The van der Waals surface area contributed by atoms with E-state index >= 15 is 0 Å². The van der Waals surface area contributed by atoms with Crippen LogP contribution in [-0.2, 0) is 38.0 Å². The number of fused-ring (bicyclic) bond motifs is 4. The van der Waals surface area contributed by atoms with Crippen molar-refractivity contribution in [1.82, 2.24) is 0 Å². The number of cyclic esters (lactones) is 1. The van der Waals surface area contributed by atoms with Crippen molar-refractivity contribution in [2.45, 2.75) is 48.5 Å². The maximum atomic E-state index is 14.6. The van der Waals surface area contributed by atoms with Gasteiger partial charge in [-0.05, 0) is 36.4 Å². The number of ketones is 1. The number of phenols is 11. The molecule has 0 unspecified atom stereocenters. The van der Waals surface area contributed by atoms with Gasteiger partial charge in [-0.25, -0.2) is 24.0 Å². The minimum Gasteiger partial charge on any atom is -0.504 e. The fourth-order valence-electron chi connectivity index (χ4n) is 8.26. The van der Waals surface area contributed by atoms with Gasteiger partial charge in [-0.3, -0.25) is 4.79 Å². The highest BCUT2D eigenvalue weighted by atomic mass is 16.7. The third-order valence-electron chi connectivity index (χ3n) is 11.4. The Balaban J connectivity index is 1.29. The van der Waals surface area contributed by atoms with E-state index in [2.05, 4.69) is 0 Å². The van der Waals surface area contributed by atoms with Crippen LogP contribution >= 0.6 is 0 Å². The quantitative estimate of drug-likeness (QED) is 0.0525. The number of ether oxygens (including phenoxy) is 7. The van der Waals surface area contributed by atoms with Gasteiger partial charge in [0.15, 0.2) is 64.0 Å². The van der Waals surface area contributed by atoms with Gasteiger partial charge >= 0.3 is 29.8 Å². The highest BCUT2D eigenvalue weighted by Crippen LogP contribution is 2.57. The van der Waals surface area contributed by atoms with Gasteiger partial charge < -0.3 is 99.5 Å². The first kappa shape index (κ1) is 43.4. The van der Waals surface area contributed by atoms with E-state index in [0.29, 0.717) is 36.4 Å². The molecule has 0 aromatic heterocycles. The van der Waals surface area contributed by atoms with Crippen LogP contribution in [0, 0.1) is 0 Å². The minimum absolute atomic E-state index is 0.384. The number of carbonyl (C=O) groups excluding carboxylic acids is 6. The van der Waals surface area contributed by atoms with Crippen molar-refractivity contribution in [2.24, 2.45) is 0 Å². The Kier molecular flexibility index (Phi) is 9.60. The smallest absolute Gasteiger partial charge is 0.340 e. The molecule has 26 nitrogen and oxygen atoms in total. The molecule has 4 aromatic rings. The molecule has 348 valence electrons. The average Bonchev–Trinajstić information content (AvgIpc) is 3.27. The van der Waals surface area contributed by atoms with Crippen LogP contribution in [0.2, 0.25) is 0 Å². The topological polar surface area (TPSA) is 430 Å². The lowest BCUT2D eigenvalue weighted by atomic mass is 9.72. The van der Waals surface area contributed by atoms with Gasteiger partial charge in [0.05, 0.1) is 33.7 Å². The summed E-state index contributed by atoms with van der Waals surface area (Å²) < 4.78 is 39.3. The van der Waals surface area contributed by atoms with Crippen LogP contribution in [0.5, 0.6) is 69.0 Å². The summed E-state index contributed by atoms with van der Waals surface area (Å²) in [5, 5.41) is 139. The van der Waals surface area contributed by atoms with Crippen molar-refractivity contribution < 1.29 is 128 Å². The third-order valence-corrected chi connectivity index (χ3v) is 11.4. The van der Waals surface area contributed by atoms with Crippen LogP contribution in [0.3, 0.4) is 0 Å². The van der Waals surface area contributed by atoms with E-state index in [-0.39, 0.29) is 0 Å². The van der Waals surface area contributed by atoms with E-state index in [9.17, 15) is 95.2 Å². The Bertz CT molecular complexity index is 2960. The number of aromatic hydroxyl groups is 11. The maximum Gasteiger partial charge on any atom is 0.340 e. The van der Waals surface area contributed by atoms with Crippen molar-refractivity contribution in [2.75, 3.05) is 6.61 Å².